The fourth-order valence-electron chi connectivity index (χ4n) is 1.98. The molecule has 0 spiro atoms. The highest BCUT2D eigenvalue weighted by Crippen LogP contribution is 2.18. The van der Waals surface area contributed by atoms with Crippen LogP contribution in [0.25, 0.3) is 0 Å². The van der Waals surface area contributed by atoms with Gasteiger partial charge in [0.05, 0.1) is 0 Å². The molecule has 8 nitrogen and oxygen atoms in total. The number of carbonyl (C=O) groups is 2. The lowest BCUT2D eigenvalue weighted by molar-refractivity contribution is -0.144. The van der Waals surface area contributed by atoms with E-state index in [2.05, 4.69) is 5.32 Å². The number of amides is 1. The summed E-state index contributed by atoms with van der Waals surface area (Å²) in [5.74, 6) is -1.81. The van der Waals surface area contributed by atoms with Gasteiger partial charge in [-0.2, -0.15) is 0 Å². The molecule has 0 aliphatic rings. The molecule has 9 heteroatoms. The van der Waals surface area contributed by atoms with Gasteiger partial charge in [0.15, 0.2) is 0 Å². The second-order valence-corrected chi connectivity index (χ2v) is 6.33. The van der Waals surface area contributed by atoms with Gasteiger partial charge in [-0.05, 0) is 18.9 Å². The van der Waals surface area contributed by atoms with E-state index in [1.54, 1.807) is 13.8 Å². The second kappa shape index (κ2) is 5.86. The number of hydrogen-bond donors (Lipinski definition) is 3. The van der Waals surface area contributed by atoms with Crippen LogP contribution in [-0.2, 0) is 21.9 Å². The van der Waals surface area contributed by atoms with E-state index in [0.717, 1.165) is 6.07 Å². The number of nitrogens with zero attached hydrogens (tertiary/aromatic N) is 1. The van der Waals surface area contributed by atoms with Crippen molar-refractivity contribution in [3.8, 4) is 0 Å². The Labute approximate surface area is 123 Å². The van der Waals surface area contributed by atoms with Crippen molar-refractivity contribution in [3.63, 3.8) is 0 Å². The van der Waals surface area contributed by atoms with Crippen molar-refractivity contribution in [2.24, 2.45) is 12.2 Å². The predicted molar refractivity (Wildman–Crippen MR) is 75.2 cm³/mol. The third kappa shape index (κ3) is 3.42. The predicted octanol–water partition coefficient (Wildman–Crippen LogP) is 0.0457. The summed E-state index contributed by atoms with van der Waals surface area (Å²) in [7, 11) is -2.45. The van der Waals surface area contributed by atoms with Crippen LogP contribution in [-0.4, -0.2) is 35.5 Å². The Hall–Kier alpha value is -1.87. The minimum atomic E-state index is -3.93. The quantitative estimate of drug-likeness (QED) is 0.682. The highest BCUT2D eigenvalue weighted by molar-refractivity contribution is 7.89. The zero-order chi connectivity index (χ0) is 16.4. The summed E-state index contributed by atoms with van der Waals surface area (Å²) in [6.45, 7) is 3.30. The van der Waals surface area contributed by atoms with Crippen molar-refractivity contribution in [2.75, 3.05) is 0 Å². The Morgan fingerprint density at radius 2 is 1.90 bits per heavy atom. The lowest BCUT2D eigenvalue weighted by Crippen LogP contribution is -2.54. The van der Waals surface area contributed by atoms with Crippen LogP contribution in [0.5, 0.6) is 0 Å². The average Bonchev–Trinajstić information content (AvgIpc) is 2.77. The molecule has 0 saturated carbocycles. The SMILES string of the molecule is CCC(CC)(NC(=O)c1cc(S(N)(=O)=O)cn1C)C(=O)O. The van der Waals surface area contributed by atoms with Crippen LogP contribution >= 0.6 is 0 Å². The maximum atomic E-state index is 12.2. The molecule has 0 atom stereocenters. The van der Waals surface area contributed by atoms with Gasteiger partial charge in [0, 0.05) is 13.2 Å². The van der Waals surface area contributed by atoms with Crippen molar-refractivity contribution < 1.29 is 23.1 Å². The van der Waals surface area contributed by atoms with Gasteiger partial charge in [0.25, 0.3) is 5.91 Å². The monoisotopic (exact) mass is 317 g/mol. The maximum Gasteiger partial charge on any atom is 0.329 e. The molecule has 0 saturated heterocycles. The number of nitrogens with two attached hydrogens (primary N) is 1. The number of rotatable bonds is 6. The van der Waals surface area contributed by atoms with Gasteiger partial charge < -0.3 is 15.0 Å². The summed E-state index contributed by atoms with van der Waals surface area (Å²) in [5, 5.41) is 16.7. The minimum Gasteiger partial charge on any atom is -0.480 e. The number of nitrogens with one attached hydrogen (secondary N) is 1. The van der Waals surface area contributed by atoms with Crippen LogP contribution in [0.3, 0.4) is 0 Å². The molecule has 21 heavy (non-hydrogen) atoms. The zero-order valence-electron chi connectivity index (χ0n) is 12.1. The summed E-state index contributed by atoms with van der Waals surface area (Å²) in [6, 6.07) is 1.11. The van der Waals surface area contributed by atoms with Crippen LogP contribution in [0.4, 0.5) is 0 Å². The molecule has 1 heterocycles. The van der Waals surface area contributed by atoms with Crippen LogP contribution < -0.4 is 10.5 Å². The molecule has 0 aliphatic carbocycles. The number of aliphatic carboxylic acids is 1. The molecular weight excluding hydrogens is 298 g/mol. The summed E-state index contributed by atoms with van der Waals surface area (Å²) >= 11 is 0. The minimum absolute atomic E-state index is 0.0200. The average molecular weight is 317 g/mol. The molecule has 0 bridgehead atoms. The van der Waals surface area contributed by atoms with E-state index in [9.17, 15) is 23.1 Å². The highest BCUT2D eigenvalue weighted by Gasteiger charge is 2.37. The Bertz CT molecular complexity index is 658. The third-order valence-corrected chi connectivity index (χ3v) is 4.39. The van der Waals surface area contributed by atoms with E-state index in [0.29, 0.717) is 0 Å². The van der Waals surface area contributed by atoms with Gasteiger partial charge in [-0.25, -0.2) is 18.4 Å². The van der Waals surface area contributed by atoms with E-state index in [-0.39, 0.29) is 23.4 Å². The lowest BCUT2D eigenvalue weighted by Gasteiger charge is -2.28. The molecule has 118 valence electrons. The van der Waals surface area contributed by atoms with Gasteiger partial charge in [0.1, 0.15) is 16.1 Å². The molecule has 0 radical (unpaired) electrons. The standard InChI is InChI=1S/C12H19N3O5S/c1-4-12(5-2,11(17)18)14-10(16)9-6-8(7-15(9)3)21(13,19)20/h6-7H,4-5H2,1-3H3,(H,14,16)(H,17,18)(H2,13,19,20). The number of primary sulfonamides is 1. The van der Waals surface area contributed by atoms with Crippen LogP contribution in [0.2, 0.25) is 0 Å². The molecule has 4 N–H and O–H groups in total. The molecule has 0 fully saturated rings. The first-order valence-corrected chi connectivity index (χ1v) is 7.87. The van der Waals surface area contributed by atoms with E-state index < -0.39 is 27.4 Å². The molecule has 1 amide bonds. The Kier molecular flexibility index (Phi) is 4.79. The van der Waals surface area contributed by atoms with E-state index in [1.165, 1.54) is 17.8 Å². The Balaban J connectivity index is 3.16. The summed E-state index contributed by atoms with van der Waals surface area (Å²) < 4.78 is 23.8. The van der Waals surface area contributed by atoms with Crippen LogP contribution in [0.15, 0.2) is 17.2 Å². The largest absolute Gasteiger partial charge is 0.480 e. The van der Waals surface area contributed by atoms with Crippen molar-refractivity contribution >= 4 is 21.9 Å². The number of sulfonamides is 1. The van der Waals surface area contributed by atoms with Gasteiger partial charge >= 0.3 is 5.97 Å². The topological polar surface area (TPSA) is 131 Å². The fraction of sp³-hybridized carbons (Fsp3) is 0.500. The van der Waals surface area contributed by atoms with Gasteiger partial charge in [-0.1, -0.05) is 13.8 Å². The first-order chi connectivity index (χ1) is 9.57. The van der Waals surface area contributed by atoms with Crippen molar-refractivity contribution in [3.05, 3.63) is 18.0 Å². The van der Waals surface area contributed by atoms with E-state index in [4.69, 9.17) is 5.14 Å². The van der Waals surface area contributed by atoms with Crippen molar-refractivity contribution in [1.29, 1.82) is 0 Å². The molecular formula is C12H19N3O5S. The van der Waals surface area contributed by atoms with Gasteiger partial charge in [-0.3, -0.25) is 4.79 Å². The highest BCUT2D eigenvalue weighted by atomic mass is 32.2. The number of carboxylic acids is 1. The molecule has 1 aromatic heterocycles. The molecule has 1 aromatic rings. The van der Waals surface area contributed by atoms with Crippen LogP contribution in [0.1, 0.15) is 37.2 Å². The number of carboxylic acid groups (broad SMARTS) is 1. The second-order valence-electron chi connectivity index (χ2n) is 4.77. The Morgan fingerprint density at radius 1 is 1.38 bits per heavy atom. The number of aromatic nitrogens is 1. The third-order valence-electron chi connectivity index (χ3n) is 3.51. The molecule has 0 aromatic carbocycles. The first kappa shape index (κ1) is 17.2. The van der Waals surface area contributed by atoms with E-state index >= 15 is 0 Å². The van der Waals surface area contributed by atoms with Crippen molar-refractivity contribution in [1.82, 2.24) is 9.88 Å². The Morgan fingerprint density at radius 3 is 2.24 bits per heavy atom. The number of hydrogen-bond acceptors (Lipinski definition) is 4. The normalized spacial score (nSPS) is 12.2. The maximum absolute atomic E-state index is 12.2. The van der Waals surface area contributed by atoms with Gasteiger partial charge in [0.2, 0.25) is 10.0 Å². The fourth-order valence-corrected chi connectivity index (χ4v) is 2.56. The molecule has 0 unspecified atom stereocenters. The molecule has 0 aliphatic heterocycles. The van der Waals surface area contributed by atoms with Crippen LogP contribution in [0, 0.1) is 0 Å². The summed E-state index contributed by atoms with van der Waals surface area (Å²) in [6.07, 6.45) is 1.61. The first-order valence-electron chi connectivity index (χ1n) is 6.32. The molecule has 1 rings (SSSR count). The van der Waals surface area contributed by atoms with E-state index in [1.807, 2.05) is 0 Å². The lowest BCUT2D eigenvalue weighted by atomic mass is 9.93. The summed E-state index contributed by atoms with van der Waals surface area (Å²) in [5.41, 5.74) is -1.37. The number of carbonyl (C=O) groups excluding carboxylic acids is 1. The van der Waals surface area contributed by atoms with Crippen molar-refractivity contribution in [2.45, 2.75) is 37.1 Å². The summed E-state index contributed by atoms with van der Waals surface area (Å²) in [4.78, 5) is 23.4. The number of aryl methyl sites for hydroxylation is 1. The zero-order valence-corrected chi connectivity index (χ0v) is 12.9. The van der Waals surface area contributed by atoms with Gasteiger partial charge in [-0.15, -0.1) is 0 Å². The smallest absolute Gasteiger partial charge is 0.329 e.